The zero-order chi connectivity index (χ0) is 18.0. The van der Waals surface area contributed by atoms with E-state index in [1.54, 1.807) is 12.1 Å². The molecule has 9 nitrogen and oxygen atoms in total. The van der Waals surface area contributed by atoms with Crippen LogP contribution in [0.15, 0.2) is 35.4 Å². The Labute approximate surface area is 145 Å². The Morgan fingerprint density at radius 3 is 2.76 bits per heavy atom. The highest BCUT2D eigenvalue weighted by Crippen LogP contribution is 2.36. The van der Waals surface area contributed by atoms with Crippen molar-refractivity contribution in [1.29, 1.82) is 0 Å². The van der Waals surface area contributed by atoms with Crippen molar-refractivity contribution in [3.63, 3.8) is 0 Å². The lowest BCUT2D eigenvalue weighted by Gasteiger charge is -2.04. The molecular formula is C15H10ClN3O6. The smallest absolute Gasteiger partial charge is 0.275 e. The van der Waals surface area contributed by atoms with E-state index in [4.69, 9.17) is 21.1 Å². The molecule has 128 valence electrons. The van der Waals surface area contributed by atoms with Crippen molar-refractivity contribution >= 4 is 29.4 Å². The summed E-state index contributed by atoms with van der Waals surface area (Å²) in [6.07, 6.45) is 1.27. The van der Waals surface area contributed by atoms with E-state index < -0.39 is 16.6 Å². The zero-order valence-corrected chi connectivity index (χ0v) is 13.2. The first kappa shape index (κ1) is 16.5. The number of hydrazone groups is 1. The van der Waals surface area contributed by atoms with Crippen molar-refractivity contribution < 1.29 is 24.3 Å². The fourth-order valence-corrected chi connectivity index (χ4v) is 2.27. The number of carbonyl (C=O) groups excluding carboxylic acids is 1. The maximum absolute atomic E-state index is 12.0. The van der Waals surface area contributed by atoms with Crippen molar-refractivity contribution in [2.24, 2.45) is 5.10 Å². The molecule has 1 aliphatic rings. The van der Waals surface area contributed by atoms with Gasteiger partial charge in [-0.15, -0.1) is 0 Å². The van der Waals surface area contributed by atoms with Gasteiger partial charge in [-0.05, 0) is 12.1 Å². The summed E-state index contributed by atoms with van der Waals surface area (Å²) in [6, 6.07) is 6.24. The Bertz CT molecular complexity index is 899. The van der Waals surface area contributed by atoms with Gasteiger partial charge in [0.2, 0.25) is 6.79 Å². The van der Waals surface area contributed by atoms with E-state index in [1.807, 2.05) is 0 Å². The molecule has 0 spiro atoms. The number of non-ortho nitro benzene ring substituents is 1. The van der Waals surface area contributed by atoms with Gasteiger partial charge >= 0.3 is 0 Å². The van der Waals surface area contributed by atoms with E-state index in [1.165, 1.54) is 6.21 Å². The number of benzene rings is 2. The van der Waals surface area contributed by atoms with Crippen LogP contribution in [0.5, 0.6) is 17.2 Å². The highest BCUT2D eigenvalue weighted by Gasteiger charge is 2.17. The molecule has 10 heteroatoms. The van der Waals surface area contributed by atoms with Crippen LogP contribution in [0.3, 0.4) is 0 Å². The number of rotatable bonds is 4. The minimum Gasteiger partial charge on any atom is -0.507 e. The highest BCUT2D eigenvalue weighted by molar-refractivity contribution is 6.33. The lowest BCUT2D eigenvalue weighted by Crippen LogP contribution is -2.18. The van der Waals surface area contributed by atoms with Gasteiger partial charge in [0.1, 0.15) is 5.75 Å². The van der Waals surface area contributed by atoms with Crippen molar-refractivity contribution in [2.75, 3.05) is 6.79 Å². The van der Waals surface area contributed by atoms with E-state index in [0.29, 0.717) is 22.1 Å². The van der Waals surface area contributed by atoms with Crippen molar-refractivity contribution in [2.45, 2.75) is 0 Å². The Morgan fingerprint density at radius 2 is 2.04 bits per heavy atom. The second-order valence-corrected chi connectivity index (χ2v) is 5.29. The summed E-state index contributed by atoms with van der Waals surface area (Å²) in [5.74, 6) is -0.213. The molecule has 0 aliphatic carbocycles. The number of nitrogens with one attached hydrogen (secondary N) is 1. The molecule has 2 aromatic carbocycles. The van der Waals surface area contributed by atoms with E-state index in [-0.39, 0.29) is 18.0 Å². The van der Waals surface area contributed by atoms with Crippen LogP contribution in [-0.4, -0.2) is 28.9 Å². The molecule has 0 unspecified atom stereocenters. The number of amides is 1. The van der Waals surface area contributed by atoms with Gasteiger partial charge in [-0.1, -0.05) is 11.6 Å². The van der Waals surface area contributed by atoms with Crippen LogP contribution < -0.4 is 14.9 Å². The molecule has 0 bridgehead atoms. The number of nitro groups is 1. The van der Waals surface area contributed by atoms with Gasteiger partial charge in [-0.2, -0.15) is 5.10 Å². The summed E-state index contributed by atoms with van der Waals surface area (Å²) in [7, 11) is 0. The summed E-state index contributed by atoms with van der Waals surface area (Å²) < 4.78 is 10.4. The molecule has 2 N–H and O–H groups in total. The lowest BCUT2D eigenvalue weighted by molar-refractivity contribution is -0.384. The molecule has 0 atom stereocenters. The number of ether oxygens (including phenoxy) is 2. The normalized spacial score (nSPS) is 12.4. The van der Waals surface area contributed by atoms with Crippen LogP contribution in [0.1, 0.15) is 15.9 Å². The fourth-order valence-electron chi connectivity index (χ4n) is 2.07. The number of fused-ring (bicyclic) bond motifs is 1. The van der Waals surface area contributed by atoms with Gasteiger partial charge < -0.3 is 14.6 Å². The average Bonchev–Trinajstić information content (AvgIpc) is 3.02. The van der Waals surface area contributed by atoms with Gasteiger partial charge in [-0.3, -0.25) is 14.9 Å². The molecule has 2 aromatic rings. The van der Waals surface area contributed by atoms with Gasteiger partial charge in [0, 0.05) is 23.8 Å². The maximum Gasteiger partial charge on any atom is 0.275 e. The van der Waals surface area contributed by atoms with E-state index in [2.05, 4.69) is 10.5 Å². The predicted molar refractivity (Wildman–Crippen MR) is 87.4 cm³/mol. The van der Waals surface area contributed by atoms with Crippen molar-refractivity contribution in [3.8, 4) is 17.2 Å². The fraction of sp³-hybridized carbons (Fsp3) is 0.0667. The summed E-state index contributed by atoms with van der Waals surface area (Å²) in [5, 5.41) is 24.5. The monoisotopic (exact) mass is 363 g/mol. The third-order valence-electron chi connectivity index (χ3n) is 3.30. The molecule has 1 heterocycles. The Hall–Kier alpha value is -3.33. The number of halogens is 1. The van der Waals surface area contributed by atoms with Crippen LogP contribution in [0, 0.1) is 10.1 Å². The van der Waals surface area contributed by atoms with Crippen molar-refractivity contribution in [3.05, 3.63) is 56.6 Å². The topological polar surface area (TPSA) is 123 Å². The van der Waals surface area contributed by atoms with Crippen LogP contribution in [-0.2, 0) is 0 Å². The first-order chi connectivity index (χ1) is 12.0. The van der Waals surface area contributed by atoms with Gasteiger partial charge in [0.15, 0.2) is 11.5 Å². The molecule has 25 heavy (non-hydrogen) atoms. The summed E-state index contributed by atoms with van der Waals surface area (Å²) >= 11 is 6.07. The average molecular weight is 364 g/mol. The van der Waals surface area contributed by atoms with Gasteiger partial charge in [-0.25, -0.2) is 5.43 Å². The molecule has 1 aliphatic heterocycles. The number of nitrogens with zero attached hydrogens (tertiary/aromatic N) is 2. The predicted octanol–water partition coefficient (Wildman–Crippen LogP) is 2.45. The summed E-state index contributed by atoms with van der Waals surface area (Å²) in [4.78, 5) is 22.1. The van der Waals surface area contributed by atoms with Crippen LogP contribution in [0.4, 0.5) is 5.69 Å². The van der Waals surface area contributed by atoms with Crippen LogP contribution in [0.25, 0.3) is 0 Å². The quantitative estimate of drug-likeness (QED) is 0.488. The summed E-state index contributed by atoms with van der Waals surface area (Å²) in [6.45, 7) is 0.0923. The van der Waals surface area contributed by atoms with E-state index in [9.17, 15) is 20.0 Å². The minimum atomic E-state index is -0.811. The molecule has 3 rings (SSSR count). The third-order valence-corrected chi connectivity index (χ3v) is 3.62. The molecule has 0 saturated carbocycles. The Balaban J connectivity index is 1.76. The van der Waals surface area contributed by atoms with Crippen LogP contribution in [0.2, 0.25) is 5.02 Å². The Kier molecular flexibility index (Phi) is 4.40. The highest BCUT2D eigenvalue weighted by atomic mass is 35.5. The van der Waals surface area contributed by atoms with Crippen molar-refractivity contribution in [1.82, 2.24) is 5.43 Å². The molecule has 0 fully saturated rings. The molecule has 0 saturated heterocycles. The maximum atomic E-state index is 12.0. The molecule has 0 radical (unpaired) electrons. The molecular weight excluding hydrogens is 354 g/mol. The zero-order valence-electron chi connectivity index (χ0n) is 12.4. The van der Waals surface area contributed by atoms with Gasteiger partial charge in [0.05, 0.1) is 21.7 Å². The van der Waals surface area contributed by atoms with E-state index >= 15 is 0 Å². The Morgan fingerprint density at radius 1 is 1.32 bits per heavy atom. The second-order valence-electron chi connectivity index (χ2n) is 4.88. The largest absolute Gasteiger partial charge is 0.507 e. The van der Waals surface area contributed by atoms with E-state index in [0.717, 1.165) is 18.2 Å². The lowest BCUT2D eigenvalue weighted by atomic mass is 10.1. The number of aromatic hydroxyl groups is 1. The number of phenols is 1. The standard InChI is InChI=1S/C15H10ClN3O6/c16-11-5-14-13(24-7-25-14)3-8(11)6-17-18-15(21)10-4-9(19(22)23)1-2-12(10)20/h1-6,20H,7H2,(H,18,21). The third kappa shape index (κ3) is 3.45. The number of phenolic OH excluding ortho intramolecular Hbond substituents is 1. The second kappa shape index (κ2) is 6.65. The first-order valence-electron chi connectivity index (χ1n) is 6.85. The molecule has 1 amide bonds. The molecule has 0 aromatic heterocycles. The summed E-state index contributed by atoms with van der Waals surface area (Å²) in [5.41, 5.74) is 2.03. The minimum absolute atomic E-state index is 0.0923. The SMILES string of the molecule is O=C(NN=Cc1cc2c(cc1Cl)OCO2)c1cc([N+](=O)[O-])ccc1O. The number of hydrogen-bond acceptors (Lipinski definition) is 7. The number of nitro benzene ring substituents is 1. The number of carbonyl (C=O) groups is 1. The number of hydrogen-bond donors (Lipinski definition) is 2. The first-order valence-corrected chi connectivity index (χ1v) is 7.23. The van der Waals surface area contributed by atoms with Gasteiger partial charge in [0.25, 0.3) is 11.6 Å². The van der Waals surface area contributed by atoms with Crippen LogP contribution >= 0.6 is 11.6 Å².